The summed E-state index contributed by atoms with van der Waals surface area (Å²) >= 11 is 0. The molecule has 0 radical (unpaired) electrons. The van der Waals surface area contributed by atoms with Crippen LogP contribution in [0.1, 0.15) is 32.1 Å². The Labute approximate surface area is 126 Å². The molecule has 2 aliphatic rings. The van der Waals surface area contributed by atoms with E-state index in [1.165, 1.54) is 19.3 Å². The molecule has 1 aromatic carbocycles. The average molecular weight is 288 g/mol. The van der Waals surface area contributed by atoms with Gasteiger partial charge in [-0.25, -0.2) is 0 Å². The number of nitrogens with zero attached hydrogens (tertiary/aromatic N) is 1. The SMILES string of the molecule is COC1CN(c2cccc(NC(=O)C3CCCCC3)c2)C1. The Morgan fingerprint density at radius 2 is 2.00 bits per heavy atom. The van der Waals surface area contributed by atoms with E-state index in [2.05, 4.69) is 22.3 Å². The predicted octanol–water partition coefficient (Wildman–Crippen LogP) is 3.04. The Morgan fingerprint density at radius 1 is 1.24 bits per heavy atom. The van der Waals surface area contributed by atoms with E-state index in [9.17, 15) is 4.79 Å². The first kappa shape index (κ1) is 14.4. The molecule has 1 saturated heterocycles. The van der Waals surface area contributed by atoms with Crippen LogP contribution in [0.4, 0.5) is 11.4 Å². The number of rotatable bonds is 4. The molecule has 4 heteroatoms. The van der Waals surface area contributed by atoms with Gasteiger partial charge in [0.2, 0.25) is 5.91 Å². The maximum atomic E-state index is 12.3. The van der Waals surface area contributed by atoms with Gasteiger partial charge in [0.05, 0.1) is 6.10 Å². The zero-order chi connectivity index (χ0) is 14.7. The number of anilines is 2. The Kier molecular flexibility index (Phi) is 4.44. The number of ether oxygens (including phenoxy) is 1. The number of hydrogen-bond donors (Lipinski definition) is 1. The summed E-state index contributed by atoms with van der Waals surface area (Å²) in [5.41, 5.74) is 2.06. The fraction of sp³-hybridized carbons (Fsp3) is 0.588. The summed E-state index contributed by atoms with van der Waals surface area (Å²) in [5.74, 6) is 0.384. The Balaban J connectivity index is 1.59. The van der Waals surface area contributed by atoms with Crippen LogP contribution in [0.2, 0.25) is 0 Å². The number of carbonyl (C=O) groups is 1. The topological polar surface area (TPSA) is 41.6 Å². The minimum Gasteiger partial charge on any atom is -0.378 e. The van der Waals surface area contributed by atoms with Gasteiger partial charge in [-0.2, -0.15) is 0 Å². The number of nitrogens with one attached hydrogen (secondary N) is 1. The summed E-state index contributed by atoms with van der Waals surface area (Å²) in [4.78, 5) is 14.6. The maximum absolute atomic E-state index is 12.3. The van der Waals surface area contributed by atoms with Gasteiger partial charge in [0, 0.05) is 37.5 Å². The fourth-order valence-electron chi connectivity index (χ4n) is 3.19. The summed E-state index contributed by atoms with van der Waals surface area (Å²) in [6, 6.07) is 8.12. The van der Waals surface area contributed by atoms with Crippen molar-refractivity contribution in [3.05, 3.63) is 24.3 Å². The van der Waals surface area contributed by atoms with Crippen molar-refractivity contribution in [3.63, 3.8) is 0 Å². The van der Waals surface area contributed by atoms with E-state index in [1.54, 1.807) is 7.11 Å². The second kappa shape index (κ2) is 6.48. The molecule has 0 aromatic heterocycles. The largest absolute Gasteiger partial charge is 0.378 e. The second-order valence-electron chi connectivity index (χ2n) is 6.14. The highest BCUT2D eigenvalue weighted by molar-refractivity contribution is 5.93. The van der Waals surface area contributed by atoms with Crippen LogP contribution < -0.4 is 10.2 Å². The highest BCUT2D eigenvalue weighted by Gasteiger charge is 2.27. The predicted molar refractivity (Wildman–Crippen MR) is 84.7 cm³/mol. The van der Waals surface area contributed by atoms with Crippen molar-refractivity contribution in [2.24, 2.45) is 5.92 Å². The zero-order valence-corrected chi connectivity index (χ0v) is 12.7. The lowest BCUT2D eigenvalue weighted by molar-refractivity contribution is -0.120. The summed E-state index contributed by atoms with van der Waals surface area (Å²) in [5, 5.41) is 3.08. The Hall–Kier alpha value is -1.55. The molecule has 0 unspecified atom stereocenters. The normalized spacial score (nSPS) is 20.1. The first-order valence-electron chi connectivity index (χ1n) is 7.95. The van der Waals surface area contributed by atoms with Crippen LogP contribution in [0.25, 0.3) is 0 Å². The van der Waals surface area contributed by atoms with Gasteiger partial charge in [-0.3, -0.25) is 4.79 Å². The van der Waals surface area contributed by atoms with Gasteiger partial charge < -0.3 is 15.0 Å². The molecule has 0 bridgehead atoms. The maximum Gasteiger partial charge on any atom is 0.227 e. The van der Waals surface area contributed by atoms with Crippen molar-refractivity contribution in [2.45, 2.75) is 38.2 Å². The third-order valence-corrected chi connectivity index (χ3v) is 4.64. The molecule has 1 aliphatic heterocycles. The second-order valence-corrected chi connectivity index (χ2v) is 6.14. The monoisotopic (exact) mass is 288 g/mol. The van der Waals surface area contributed by atoms with Crippen molar-refractivity contribution in [2.75, 3.05) is 30.4 Å². The zero-order valence-electron chi connectivity index (χ0n) is 12.7. The molecule has 0 atom stereocenters. The average Bonchev–Trinajstić information content (AvgIpc) is 2.47. The molecule has 1 saturated carbocycles. The molecule has 1 amide bonds. The van der Waals surface area contributed by atoms with Crippen molar-refractivity contribution >= 4 is 17.3 Å². The van der Waals surface area contributed by atoms with Gasteiger partial charge in [0.1, 0.15) is 0 Å². The van der Waals surface area contributed by atoms with Gasteiger partial charge in [-0.1, -0.05) is 25.3 Å². The number of amides is 1. The van der Waals surface area contributed by atoms with Crippen LogP contribution in [0.15, 0.2) is 24.3 Å². The van der Waals surface area contributed by atoms with Crippen molar-refractivity contribution < 1.29 is 9.53 Å². The van der Waals surface area contributed by atoms with Gasteiger partial charge >= 0.3 is 0 Å². The quantitative estimate of drug-likeness (QED) is 0.926. The fourth-order valence-corrected chi connectivity index (χ4v) is 3.19. The lowest BCUT2D eigenvalue weighted by Crippen LogP contribution is -2.51. The van der Waals surface area contributed by atoms with E-state index in [4.69, 9.17) is 4.74 Å². The van der Waals surface area contributed by atoms with E-state index >= 15 is 0 Å². The first-order chi connectivity index (χ1) is 10.3. The molecule has 1 aromatic rings. The summed E-state index contributed by atoms with van der Waals surface area (Å²) in [7, 11) is 1.75. The molecule has 0 spiro atoms. The third kappa shape index (κ3) is 3.38. The van der Waals surface area contributed by atoms with Gasteiger partial charge in [0.15, 0.2) is 0 Å². The minimum atomic E-state index is 0.185. The molecule has 2 fully saturated rings. The third-order valence-electron chi connectivity index (χ3n) is 4.64. The van der Waals surface area contributed by atoms with E-state index < -0.39 is 0 Å². The lowest BCUT2D eigenvalue weighted by atomic mass is 9.88. The van der Waals surface area contributed by atoms with E-state index in [0.29, 0.717) is 6.10 Å². The Bertz CT molecular complexity index is 491. The molecule has 21 heavy (non-hydrogen) atoms. The van der Waals surface area contributed by atoms with Gasteiger partial charge in [-0.05, 0) is 31.0 Å². The number of benzene rings is 1. The molecular formula is C17H24N2O2. The summed E-state index contributed by atoms with van der Waals surface area (Å²) in [6.45, 7) is 1.85. The lowest BCUT2D eigenvalue weighted by Gasteiger charge is -2.40. The van der Waals surface area contributed by atoms with Gasteiger partial charge in [-0.15, -0.1) is 0 Å². The summed E-state index contributed by atoms with van der Waals surface area (Å²) < 4.78 is 5.30. The molecular weight excluding hydrogens is 264 g/mol. The van der Waals surface area contributed by atoms with Crippen molar-refractivity contribution in [1.82, 2.24) is 0 Å². The molecule has 1 aliphatic carbocycles. The van der Waals surface area contributed by atoms with Crippen LogP contribution in [-0.4, -0.2) is 32.2 Å². The molecule has 1 heterocycles. The highest BCUT2D eigenvalue weighted by Crippen LogP contribution is 2.27. The minimum absolute atomic E-state index is 0.185. The standard InChI is InChI=1S/C17H24N2O2/c1-21-16-11-19(12-16)15-9-5-8-14(10-15)18-17(20)13-6-3-2-4-7-13/h5,8-10,13,16H,2-4,6-7,11-12H2,1H3,(H,18,20). The number of methoxy groups -OCH3 is 1. The molecule has 1 N–H and O–H groups in total. The smallest absolute Gasteiger partial charge is 0.227 e. The molecule has 4 nitrogen and oxygen atoms in total. The van der Waals surface area contributed by atoms with Gasteiger partial charge in [0.25, 0.3) is 0 Å². The van der Waals surface area contributed by atoms with Crippen molar-refractivity contribution in [1.29, 1.82) is 0 Å². The van der Waals surface area contributed by atoms with Crippen LogP contribution in [-0.2, 0) is 9.53 Å². The van der Waals surface area contributed by atoms with E-state index in [0.717, 1.165) is 37.3 Å². The van der Waals surface area contributed by atoms with Crippen LogP contribution in [0.5, 0.6) is 0 Å². The van der Waals surface area contributed by atoms with Crippen LogP contribution in [0, 0.1) is 5.92 Å². The Morgan fingerprint density at radius 3 is 2.71 bits per heavy atom. The molecule has 3 rings (SSSR count). The van der Waals surface area contributed by atoms with Crippen LogP contribution >= 0.6 is 0 Å². The first-order valence-corrected chi connectivity index (χ1v) is 7.95. The highest BCUT2D eigenvalue weighted by atomic mass is 16.5. The van der Waals surface area contributed by atoms with Crippen molar-refractivity contribution in [3.8, 4) is 0 Å². The number of hydrogen-bond acceptors (Lipinski definition) is 3. The summed E-state index contributed by atoms with van der Waals surface area (Å²) in [6.07, 6.45) is 6.05. The molecule has 114 valence electrons. The van der Waals surface area contributed by atoms with E-state index in [-0.39, 0.29) is 11.8 Å². The van der Waals surface area contributed by atoms with Crippen LogP contribution in [0.3, 0.4) is 0 Å². The number of carbonyl (C=O) groups excluding carboxylic acids is 1. The van der Waals surface area contributed by atoms with E-state index in [1.807, 2.05) is 12.1 Å².